The highest BCUT2D eigenvalue weighted by atomic mass is 32.1. The Kier molecular flexibility index (Phi) is 5.18. The number of methoxy groups -OCH3 is 1. The predicted molar refractivity (Wildman–Crippen MR) is 84.1 cm³/mol. The van der Waals surface area contributed by atoms with Gasteiger partial charge in [-0.2, -0.15) is 11.3 Å². The molecule has 0 fully saturated rings. The first kappa shape index (κ1) is 15.3. The van der Waals surface area contributed by atoms with E-state index >= 15 is 0 Å². The first-order valence-corrected chi connectivity index (χ1v) is 7.44. The van der Waals surface area contributed by atoms with Gasteiger partial charge >= 0.3 is 5.69 Å². The molecule has 0 spiro atoms. The number of hydrogen-bond donors (Lipinski definition) is 3. The summed E-state index contributed by atoms with van der Waals surface area (Å²) in [5, 5.41) is 7.05. The van der Waals surface area contributed by atoms with Crippen molar-refractivity contribution in [2.45, 2.75) is 13.0 Å². The number of nitrogens with zero attached hydrogens (tertiary/aromatic N) is 1. The molecule has 21 heavy (non-hydrogen) atoms. The van der Waals surface area contributed by atoms with Crippen LogP contribution in [0.15, 0.2) is 26.4 Å². The standard InChI is InChI=1S/C13H18N4O3S/c1-20-6-5-17-11(14)10(12(18)16-13(17)19)15-4-2-9-3-7-21-8-9/h3,7-8,15H,2,4-6,14H2,1H3,(H,16,18,19). The van der Waals surface area contributed by atoms with E-state index < -0.39 is 11.2 Å². The molecule has 0 saturated heterocycles. The molecule has 0 saturated carbocycles. The molecule has 0 aliphatic carbocycles. The number of aromatic nitrogens is 2. The second-order valence-electron chi connectivity index (χ2n) is 4.47. The number of rotatable bonds is 7. The number of nitrogens with two attached hydrogens (primary N) is 1. The maximum atomic E-state index is 11.8. The van der Waals surface area contributed by atoms with Gasteiger partial charge in [0.2, 0.25) is 0 Å². The highest BCUT2D eigenvalue weighted by Crippen LogP contribution is 2.11. The summed E-state index contributed by atoms with van der Waals surface area (Å²) in [4.78, 5) is 25.8. The number of H-pyrrole nitrogens is 1. The molecule has 8 heteroatoms. The first-order chi connectivity index (χ1) is 10.1. The third-order valence-electron chi connectivity index (χ3n) is 3.05. The molecule has 114 valence electrons. The topological polar surface area (TPSA) is 102 Å². The molecular weight excluding hydrogens is 292 g/mol. The van der Waals surface area contributed by atoms with Crippen molar-refractivity contribution in [3.63, 3.8) is 0 Å². The number of ether oxygens (including phenoxy) is 1. The molecule has 2 rings (SSSR count). The zero-order valence-electron chi connectivity index (χ0n) is 11.7. The molecule has 0 bridgehead atoms. The second-order valence-corrected chi connectivity index (χ2v) is 5.25. The molecule has 2 heterocycles. The Morgan fingerprint density at radius 1 is 1.48 bits per heavy atom. The molecule has 0 atom stereocenters. The third kappa shape index (κ3) is 3.73. The van der Waals surface area contributed by atoms with Crippen molar-refractivity contribution in [1.29, 1.82) is 0 Å². The average Bonchev–Trinajstić information content (AvgIpc) is 2.95. The highest BCUT2D eigenvalue weighted by Gasteiger charge is 2.11. The van der Waals surface area contributed by atoms with Gasteiger partial charge < -0.3 is 15.8 Å². The number of hydrogen-bond acceptors (Lipinski definition) is 6. The van der Waals surface area contributed by atoms with Gasteiger partial charge in [0.05, 0.1) is 13.2 Å². The lowest BCUT2D eigenvalue weighted by Gasteiger charge is -2.13. The number of anilines is 2. The Hall–Kier alpha value is -2.06. The largest absolute Gasteiger partial charge is 0.383 e. The predicted octanol–water partition coefficient (Wildman–Crippen LogP) is 0.481. The zero-order chi connectivity index (χ0) is 15.2. The fourth-order valence-electron chi connectivity index (χ4n) is 1.93. The molecule has 2 aromatic heterocycles. The van der Waals surface area contributed by atoms with Crippen LogP contribution in [0.1, 0.15) is 5.56 Å². The van der Waals surface area contributed by atoms with E-state index in [-0.39, 0.29) is 18.1 Å². The molecule has 0 aliphatic heterocycles. The van der Waals surface area contributed by atoms with Crippen molar-refractivity contribution >= 4 is 22.8 Å². The molecule has 0 aromatic carbocycles. The van der Waals surface area contributed by atoms with Crippen molar-refractivity contribution in [3.05, 3.63) is 43.2 Å². The van der Waals surface area contributed by atoms with Gasteiger partial charge in [0.25, 0.3) is 5.56 Å². The van der Waals surface area contributed by atoms with Crippen LogP contribution in [0.4, 0.5) is 11.5 Å². The van der Waals surface area contributed by atoms with Gasteiger partial charge in [0.1, 0.15) is 11.5 Å². The lowest BCUT2D eigenvalue weighted by atomic mass is 10.2. The number of nitrogen functional groups attached to an aromatic ring is 1. The molecule has 0 aliphatic rings. The summed E-state index contributed by atoms with van der Waals surface area (Å²) >= 11 is 1.63. The van der Waals surface area contributed by atoms with Crippen LogP contribution >= 0.6 is 11.3 Å². The highest BCUT2D eigenvalue weighted by molar-refractivity contribution is 7.07. The van der Waals surface area contributed by atoms with Crippen LogP contribution in [0.25, 0.3) is 0 Å². The first-order valence-electron chi connectivity index (χ1n) is 6.50. The summed E-state index contributed by atoms with van der Waals surface area (Å²) in [5.41, 5.74) is 6.29. The lowest BCUT2D eigenvalue weighted by molar-refractivity contribution is 0.186. The van der Waals surface area contributed by atoms with Gasteiger partial charge in [0.15, 0.2) is 0 Å². The molecule has 2 aromatic rings. The molecule has 4 N–H and O–H groups in total. The van der Waals surface area contributed by atoms with Crippen molar-refractivity contribution in [2.75, 3.05) is 31.3 Å². The summed E-state index contributed by atoms with van der Waals surface area (Å²) in [6, 6.07) is 2.03. The van der Waals surface area contributed by atoms with E-state index in [1.54, 1.807) is 11.3 Å². The Morgan fingerprint density at radius 3 is 2.95 bits per heavy atom. The lowest BCUT2D eigenvalue weighted by Crippen LogP contribution is -2.35. The summed E-state index contributed by atoms with van der Waals surface area (Å²) < 4.78 is 6.22. The minimum absolute atomic E-state index is 0.131. The van der Waals surface area contributed by atoms with Gasteiger partial charge in [-0.25, -0.2) is 4.79 Å². The van der Waals surface area contributed by atoms with Gasteiger partial charge in [-0.1, -0.05) is 0 Å². The van der Waals surface area contributed by atoms with E-state index in [0.717, 1.165) is 6.42 Å². The van der Waals surface area contributed by atoms with E-state index in [2.05, 4.69) is 15.7 Å². The SMILES string of the molecule is COCCn1c(N)c(NCCc2ccsc2)c(=O)[nH]c1=O. The summed E-state index contributed by atoms with van der Waals surface area (Å²) in [6.45, 7) is 1.19. The Labute approximate surface area is 125 Å². The van der Waals surface area contributed by atoms with E-state index in [0.29, 0.717) is 13.2 Å². The van der Waals surface area contributed by atoms with Gasteiger partial charge in [-0.3, -0.25) is 14.3 Å². The number of aromatic amines is 1. The monoisotopic (exact) mass is 310 g/mol. The van der Waals surface area contributed by atoms with E-state index in [9.17, 15) is 9.59 Å². The molecule has 0 amide bonds. The van der Waals surface area contributed by atoms with Crippen LogP contribution in [0.2, 0.25) is 0 Å². The minimum atomic E-state index is -0.530. The maximum Gasteiger partial charge on any atom is 0.330 e. The van der Waals surface area contributed by atoms with E-state index in [4.69, 9.17) is 10.5 Å². The Bertz CT molecular complexity index is 690. The normalized spacial score (nSPS) is 10.7. The van der Waals surface area contributed by atoms with E-state index in [1.807, 2.05) is 11.4 Å². The zero-order valence-corrected chi connectivity index (χ0v) is 12.5. The number of thiophene rings is 1. The van der Waals surface area contributed by atoms with Crippen LogP contribution in [0.5, 0.6) is 0 Å². The van der Waals surface area contributed by atoms with Crippen LogP contribution < -0.4 is 22.3 Å². The molecule has 0 unspecified atom stereocenters. The average molecular weight is 310 g/mol. The fourth-order valence-corrected chi connectivity index (χ4v) is 2.63. The maximum absolute atomic E-state index is 11.8. The third-order valence-corrected chi connectivity index (χ3v) is 3.79. The molecular formula is C13H18N4O3S. The van der Waals surface area contributed by atoms with Crippen LogP contribution in [0, 0.1) is 0 Å². The second kappa shape index (κ2) is 7.09. The summed E-state index contributed by atoms with van der Waals surface area (Å²) in [6.07, 6.45) is 0.777. The van der Waals surface area contributed by atoms with Crippen molar-refractivity contribution in [2.24, 2.45) is 0 Å². The van der Waals surface area contributed by atoms with Crippen molar-refractivity contribution in [1.82, 2.24) is 9.55 Å². The van der Waals surface area contributed by atoms with Crippen LogP contribution in [-0.4, -0.2) is 29.8 Å². The van der Waals surface area contributed by atoms with Gasteiger partial charge in [-0.05, 0) is 28.8 Å². The smallest absolute Gasteiger partial charge is 0.330 e. The quantitative estimate of drug-likeness (QED) is 0.690. The molecule has 0 radical (unpaired) electrons. The Morgan fingerprint density at radius 2 is 2.29 bits per heavy atom. The van der Waals surface area contributed by atoms with Gasteiger partial charge in [-0.15, -0.1) is 0 Å². The molecule has 7 nitrogen and oxygen atoms in total. The Balaban J connectivity index is 2.14. The number of nitrogens with one attached hydrogen (secondary N) is 2. The summed E-state index contributed by atoms with van der Waals surface area (Å²) in [5.74, 6) is 0.131. The van der Waals surface area contributed by atoms with Gasteiger partial charge in [0, 0.05) is 13.7 Å². The van der Waals surface area contributed by atoms with Crippen molar-refractivity contribution in [3.8, 4) is 0 Å². The minimum Gasteiger partial charge on any atom is -0.383 e. The summed E-state index contributed by atoms with van der Waals surface area (Å²) in [7, 11) is 1.53. The van der Waals surface area contributed by atoms with Crippen molar-refractivity contribution < 1.29 is 4.74 Å². The van der Waals surface area contributed by atoms with E-state index in [1.165, 1.54) is 17.2 Å². The fraction of sp³-hybridized carbons (Fsp3) is 0.385. The van der Waals surface area contributed by atoms with Crippen LogP contribution in [0.3, 0.4) is 0 Å². The van der Waals surface area contributed by atoms with Crippen LogP contribution in [-0.2, 0) is 17.7 Å².